The van der Waals surface area contributed by atoms with Crippen molar-refractivity contribution in [3.63, 3.8) is 0 Å². The van der Waals surface area contributed by atoms with Gasteiger partial charge in [-0.15, -0.1) is 0 Å². The number of fused-ring (bicyclic) bond motifs is 4. The van der Waals surface area contributed by atoms with E-state index < -0.39 is 0 Å². The number of para-hydroxylation sites is 4. The van der Waals surface area contributed by atoms with Gasteiger partial charge < -0.3 is 13.9 Å². The van der Waals surface area contributed by atoms with Crippen LogP contribution in [-0.4, -0.2) is 19.1 Å². The van der Waals surface area contributed by atoms with Gasteiger partial charge in [0.05, 0.1) is 22.1 Å². The molecule has 0 saturated heterocycles. The van der Waals surface area contributed by atoms with Gasteiger partial charge in [0, 0.05) is 41.8 Å². The van der Waals surface area contributed by atoms with Gasteiger partial charge in [-0.2, -0.15) is 0 Å². The molecule has 0 atom stereocenters. The second kappa shape index (κ2) is 10.5. The van der Waals surface area contributed by atoms with Crippen LogP contribution in [0, 0.1) is 0 Å². The predicted molar refractivity (Wildman–Crippen MR) is 195 cm³/mol. The first kappa shape index (κ1) is 28.3. The molecular formula is C43H34N4O. The first-order valence-electron chi connectivity index (χ1n) is 16.4. The number of imidazole rings is 2. The van der Waals surface area contributed by atoms with Crippen LogP contribution in [0.4, 0.5) is 0 Å². The van der Waals surface area contributed by atoms with Crippen molar-refractivity contribution in [2.24, 2.45) is 14.1 Å². The molecule has 5 heteroatoms. The van der Waals surface area contributed by atoms with Crippen LogP contribution in [0.2, 0.25) is 0 Å². The third kappa shape index (κ3) is 4.39. The Hall–Kier alpha value is -5.94. The number of aryl methyl sites for hydroxylation is 2. The summed E-state index contributed by atoms with van der Waals surface area (Å²) in [6.07, 6.45) is 0. The fraction of sp³-hybridized carbons (Fsp3) is 0.116. The van der Waals surface area contributed by atoms with E-state index in [1.54, 1.807) is 0 Å². The number of aromatic nitrogens is 4. The maximum Gasteiger partial charge on any atom is 0.140 e. The number of nitrogens with zero attached hydrogens (tertiary/aromatic N) is 4. The van der Waals surface area contributed by atoms with Gasteiger partial charge in [-0.05, 0) is 70.8 Å². The zero-order chi connectivity index (χ0) is 32.6. The maximum atomic E-state index is 6.51. The average Bonchev–Trinajstić information content (AvgIpc) is 3.64. The Labute approximate surface area is 279 Å². The molecule has 0 spiro atoms. The van der Waals surface area contributed by atoms with Gasteiger partial charge in [0.2, 0.25) is 0 Å². The van der Waals surface area contributed by atoms with Gasteiger partial charge in [-0.25, -0.2) is 9.97 Å². The Morgan fingerprint density at radius 3 is 1.25 bits per heavy atom. The van der Waals surface area contributed by atoms with Crippen LogP contribution in [0.1, 0.15) is 25.0 Å². The summed E-state index contributed by atoms with van der Waals surface area (Å²) >= 11 is 0. The number of hydrogen-bond acceptors (Lipinski definition) is 3. The Morgan fingerprint density at radius 2 is 0.833 bits per heavy atom. The van der Waals surface area contributed by atoms with Crippen molar-refractivity contribution in [2.45, 2.75) is 19.3 Å². The van der Waals surface area contributed by atoms with Crippen LogP contribution in [0.25, 0.3) is 67.1 Å². The topological polar surface area (TPSA) is 44.9 Å². The minimum atomic E-state index is -0.255. The van der Waals surface area contributed by atoms with Crippen LogP contribution in [0.5, 0.6) is 11.5 Å². The van der Waals surface area contributed by atoms with Crippen molar-refractivity contribution in [1.29, 1.82) is 0 Å². The normalized spacial score (nSPS) is 13.3. The van der Waals surface area contributed by atoms with Gasteiger partial charge in [0.1, 0.15) is 23.1 Å². The smallest absolute Gasteiger partial charge is 0.140 e. The van der Waals surface area contributed by atoms with E-state index in [2.05, 4.69) is 158 Å². The summed E-state index contributed by atoms with van der Waals surface area (Å²) in [7, 11) is 4.15. The molecule has 1 aliphatic heterocycles. The summed E-state index contributed by atoms with van der Waals surface area (Å²) in [5.41, 5.74) is 13.2. The SMILES string of the molecule is Cn1c(-c2ccc(-c3ccc4c(c3)C(C)(C)c3cc(-c5ccc(-c6nc7ccccc7n6C)cc5)ccc3O4)cc2)nc2ccccc21. The van der Waals surface area contributed by atoms with Gasteiger partial charge in [-0.3, -0.25) is 0 Å². The molecule has 9 rings (SSSR count). The molecular weight excluding hydrogens is 589 g/mol. The zero-order valence-electron chi connectivity index (χ0n) is 27.4. The highest BCUT2D eigenvalue weighted by molar-refractivity contribution is 5.82. The molecule has 0 radical (unpaired) electrons. The highest BCUT2D eigenvalue weighted by Crippen LogP contribution is 2.50. The Balaban J connectivity index is 1.02. The van der Waals surface area contributed by atoms with Gasteiger partial charge in [0.25, 0.3) is 0 Å². The fourth-order valence-electron chi connectivity index (χ4n) is 7.27. The van der Waals surface area contributed by atoms with E-state index in [9.17, 15) is 0 Å². The molecule has 0 saturated carbocycles. The second-order valence-electron chi connectivity index (χ2n) is 13.3. The third-order valence-corrected chi connectivity index (χ3v) is 10.1. The van der Waals surface area contributed by atoms with E-state index in [4.69, 9.17) is 14.7 Å². The molecule has 0 unspecified atom stereocenters. The lowest BCUT2D eigenvalue weighted by Crippen LogP contribution is -2.24. The molecule has 1 aliphatic rings. The average molecular weight is 623 g/mol. The molecule has 2 aromatic heterocycles. The molecule has 48 heavy (non-hydrogen) atoms. The van der Waals surface area contributed by atoms with E-state index in [1.165, 1.54) is 22.3 Å². The lowest BCUT2D eigenvalue weighted by Gasteiger charge is -2.35. The van der Waals surface area contributed by atoms with E-state index >= 15 is 0 Å². The van der Waals surface area contributed by atoms with Crippen molar-refractivity contribution < 1.29 is 4.74 Å². The molecule has 3 heterocycles. The van der Waals surface area contributed by atoms with E-state index in [0.717, 1.165) is 67.5 Å². The van der Waals surface area contributed by atoms with Crippen molar-refractivity contribution >= 4 is 22.1 Å². The highest BCUT2D eigenvalue weighted by Gasteiger charge is 2.35. The predicted octanol–water partition coefficient (Wildman–Crippen LogP) is 10.6. The molecule has 0 amide bonds. The molecule has 0 N–H and O–H groups in total. The fourth-order valence-corrected chi connectivity index (χ4v) is 7.27. The zero-order valence-corrected chi connectivity index (χ0v) is 27.4. The summed E-state index contributed by atoms with van der Waals surface area (Å²) in [6, 6.07) is 47.1. The number of hydrogen-bond donors (Lipinski definition) is 0. The Kier molecular flexibility index (Phi) is 6.21. The quantitative estimate of drug-likeness (QED) is 0.196. The van der Waals surface area contributed by atoms with Crippen molar-refractivity contribution in [2.75, 3.05) is 0 Å². The molecule has 232 valence electrons. The molecule has 0 aliphatic carbocycles. The standard InChI is InChI=1S/C43H34N4O/c1-43(2)33-25-31(27-13-17-29(18-14-27)41-44-35-9-5-7-11-37(35)46(41)3)21-23-39(33)48-40-24-22-32(26-34(40)43)28-15-19-30(20-16-28)42-45-36-10-6-8-12-38(36)47(42)4/h5-26H,1-4H3. The van der Waals surface area contributed by atoms with Gasteiger partial charge in [0.15, 0.2) is 0 Å². The first-order chi connectivity index (χ1) is 23.3. The Morgan fingerprint density at radius 1 is 0.458 bits per heavy atom. The molecule has 0 fully saturated rings. The van der Waals surface area contributed by atoms with Crippen LogP contribution in [-0.2, 0) is 19.5 Å². The van der Waals surface area contributed by atoms with Gasteiger partial charge >= 0.3 is 0 Å². The van der Waals surface area contributed by atoms with Crippen LogP contribution in [0.3, 0.4) is 0 Å². The molecule has 8 aromatic rings. The minimum absolute atomic E-state index is 0.255. The molecule has 6 aromatic carbocycles. The van der Waals surface area contributed by atoms with Crippen LogP contribution in [0.15, 0.2) is 133 Å². The van der Waals surface area contributed by atoms with Gasteiger partial charge in [-0.1, -0.05) is 98.8 Å². The largest absolute Gasteiger partial charge is 0.457 e. The van der Waals surface area contributed by atoms with Crippen molar-refractivity contribution in [3.8, 4) is 56.5 Å². The maximum absolute atomic E-state index is 6.51. The van der Waals surface area contributed by atoms with E-state index in [0.29, 0.717) is 0 Å². The van der Waals surface area contributed by atoms with Crippen LogP contribution < -0.4 is 4.74 Å². The monoisotopic (exact) mass is 622 g/mol. The lowest BCUT2D eigenvalue weighted by atomic mass is 9.74. The van der Waals surface area contributed by atoms with E-state index in [1.807, 2.05) is 12.1 Å². The number of benzene rings is 6. The highest BCUT2D eigenvalue weighted by atomic mass is 16.5. The summed E-state index contributed by atoms with van der Waals surface area (Å²) < 4.78 is 10.8. The first-order valence-corrected chi connectivity index (χ1v) is 16.4. The van der Waals surface area contributed by atoms with Crippen molar-refractivity contribution in [1.82, 2.24) is 19.1 Å². The third-order valence-electron chi connectivity index (χ3n) is 10.1. The lowest BCUT2D eigenvalue weighted by molar-refractivity contribution is 0.418. The summed E-state index contributed by atoms with van der Waals surface area (Å²) in [5.74, 6) is 3.75. The number of rotatable bonds is 4. The Bertz CT molecular complexity index is 2340. The number of ether oxygens (including phenoxy) is 1. The molecule has 0 bridgehead atoms. The second-order valence-corrected chi connectivity index (χ2v) is 13.3. The summed E-state index contributed by atoms with van der Waals surface area (Å²) in [4.78, 5) is 9.77. The summed E-state index contributed by atoms with van der Waals surface area (Å²) in [6.45, 7) is 4.59. The minimum Gasteiger partial charge on any atom is -0.457 e. The summed E-state index contributed by atoms with van der Waals surface area (Å²) in [5, 5.41) is 0. The van der Waals surface area contributed by atoms with Crippen molar-refractivity contribution in [3.05, 3.63) is 145 Å². The van der Waals surface area contributed by atoms with E-state index in [-0.39, 0.29) is 5.41 Å². The van der Waals surface area contributed by atoms with Crippen LogP contribution >= 0.6 is 0 Å². The molecule has 5 nitrogen and oxygen atoms in total.